The second kappa shape index (κ2) is 5.37. The van der Waals surface area contributed by atoms with Crippen molar-refractivity contribution >= 4 is 12.9 Å². The van der Waals surface area contributed by atoms with Crippen LogP contribution < -0.4 is 5.46 Å². The summed E-state index contributed by atoms with van der Waals surface area (Å²) in [5.74, 6) is 0. The van der Waals surface area contributed by atoms with Crippen molar-refractivity contribution in [2.24, 2.45) is 0 Å². The number of rotatable bonds is 4. The van der Waals surface area contributed by atoms with Gasteiger partial charge in [0.2, 0.25) is 0 Å². The largest absolute Gasteiger partial charge is 0.433 e. The fraction of sp³-hybridized carbons (Fsp3) is 0.615. The number of aliphatic hydroxyl groups is 1. The number of alkyl halides is 3. The van der Waals surface area contributed by atoms with Gasteiger partial charge in [0.15, 0.2) is 0 Å². The first-order chi connectivity index (χ1) is 8.83. The number of hydrogen-bond acceptors (Lipinski definition) is 3. The van der Waals surface area contributed by atoms with Gasteiger partial charge in [-0.15, -0.1) is 0 Å². The predicted octanol–water partition coefficient (Wildman–Crippen LogP) is 2.22. The smallest absolute Gasteiger partial charge is 0.427 e. The van der Waals surface area contributed by atoms with E-state index in [2.05, 4.69) is 4.98 Å². The molecule has 0 aromatic carbocycles. The summed E-state index contributed by atoms with van der Waals surface area (Å²) in [5.41, 5.74) is -2.55. The van der Waals surface area contributed by atoms with Crippen molar-refractivity contribution in [1.82, 2.24) is 4.98 Å². The van der Waals surface area contributed by atoms with E-state index in [4.69, 9.17) is 4.65 Å². The van der Waals surface area contributed by atoms with Crippen LogP contribution in [0.15, 0.2) is 12.1 Å². The molecule has 0 saturated heterocycles. The fourth-order valence-corrected chi connectivity index (χ4v) is 1.27. The van der Waals surface area contributed by atoms with E-state index in [-0.39, 0.29) is 11.2 Å². The molecule has 1 N–H and O–H groups in total. The van der Waals surface area contributed by atoms with Crippen LogP contribution in [0.1, 0.15) is 39.1 Å². The van der Waals surface area contributed by atoms with Gasteiger partial charge in [-0.2, -0.15) is 13.2 Å². The van der Waals surface area contributed by atoms with Gasteiger partial charge in [0, 0.05) is 5.69 Å². The van der Waals surface area contributed by atoms with Crippen LogP contribution in [0.4, 0.5) is 13.2 Å². The highest BCUT2D eigenvalue weighted by Crippen LogP contribution is 2.27. The van der Waals surface area contributed by atoms with Crippen molar-refractivity contribution < 1.29 is 22.9 Å². The third-order valence-electron chi connectivity index (χ3n) is 3.23. The lowest BCUT2D eigenvalue weighted by Crippen LogP contribution is -2.49. The molecule has 20 heavy (non-hydrogen) atoms. The molecule has 0 aliphatic heterocycles. The molecule has 1 radical (unpaired) electrons. The monoisotopic (exact) mass is 288 g/mol. The Morgan fingerprint density at radius 2 is 1.70 bits per heavy atom. The standard InChI is InChI=1S/C13H18BF3NO2/c1-8-6-9(7-10(18-8)13(15,16)17)14-20-12(4,5)11(2,3)19/h6-7,19H,1-5H3. The van der Waals surface area contributed by atoms with Gasteiger partial charge in [0.25, 0.3) is 0 Å². The average Bonchev–Trinajstić information content (AvgIpc) is 2.23. The maximum absolute atomic E-state index is 12.7. The Bertz CT molecular complexity index is 481. The third-order valence-corrected chi connectivity index (χ3v) is 3.23. The first-order valence-electron chi connectivity index (χ1n) is 6.12. The van der Waals surface area contributed by atoms with Crippen molar-refractivity contribution in [2.45, 2.75) is 52.0 Å². The van der Waals surface area contributed by atoms with Crippen LogP contribution in [-0.4, -0.2) is 28.8 Å². The third kappa shape index (κ3) is 4.21. The SMILES string of the molecule is Cc1cc([B]OC(C)(C)C(C)(C)O)cc(C(F)(F)F)n1. The average molecular weight is 288 g/mol. The molecule has 0 saturated carbocycles. The molecule has 0 atom stereocenters. The van der Waals surface area contributed by atoms with Crippen LogP contribution in [0.2, 0.25) is 0 Å². The van der Waals surface area contributed by atoms with E-state index in [9.17, 15) is 18.3 Å². The molecular weight excluding hydrogens is 270 g/mol. The van der Waals surface area contributed by atoms with Crippen LogP contribution in [0.3, 0.4) is 0 Å². The molecule has 0 aliphatic carbocycles. The fourth-order valence-electron chi connectivity index (χ4n) is 1.27. The lowest BCUT2D eigenvalue weighted by Gasteiger charge is -2.37. The molecule has 0 amide bonds. The Hall–Kier alpha value is -1.08. The number of nitrogens with zero attached hydrogens (tertiary/aromatic N) is 1. The second-order valence-corrected chi connectivity index (χ2v) is 5.73. The van der Waals surface area contributed by atoms with Gasteiger partial charge in [-0.3, -0.25) is 0 Å². The van der Waals surface area contributed by atoms with E-state index in [0.717, 1.165) is 6.07 Å². The normalized spacial score (nSPS) is 13.4. The van der Waals surface area contributed by atoms with Crippen molar-refractivity contribution in [2.75, 3.05) is 0 Å². The summed E-state index contributed by atoms with van der Waals surface area (Å²) in [6.07, 6.45) is -4.50. The Labute approximate surface area is 117 Å². The maximum Gasteiger partial charge on any atom is 0.433 e. The molecule has 1 aromatic heterocycles. The summed E-state index contributed by atoms with van der Waals surface area (Å²) in [5, 5.41) is 9.92. The number of halogens is 3. The quantitative estimate of drug-likeness (QED) is 0.864. The summed E-state index contributed by atoms with van der Waals surface area (Å²) >= 11 is 0. The molecule has 3 nitrogen and oxygen atoms in total. The minimum Gasteiger partial charge on any atom is -0.427 e. The van der Waals surface area contributed by atoms with Crippen LogP contribution in [-0.2, 0) is 10.8 Å². The summed E-state index contributed by atoms with van der Waals surface area (Å²) in [4.78, 5) is 3.45. The zero-order valence-electron chi connectivity index (χ0n) is 12.2. The van der Waals surface area contributed by atoms with Crippen molar-refractivity contribution in [3.8, 4) is 0 Å². The minimum atomic E-state index is -4.50. The van der Waals surface area contributed by atoms with E-state index in [1.807, 2.05) is 0 Å². The Kier molecular flexibility index (Phi) is 4.56. The molecule has 1 heterocycles. The predicted molar refractivity (Wildman–Crippen MR) is 70.8 cm³/mol. The van der Waals surface area contributed by atoms with E-state index in [1.165, 1.54) is 20.5 Å². The Balaban J connectivity index is 2.92. The number of aromatic nitrogens is 1. The zero-order chi connectivity index (χ0) is 15.8. The van der Waals surface area contributed by atoms with E-state index in [0.29, 0.717) is 0 Å². The van der Waals surface area contributed by atoms with Crippen LogP contribution in [0, 0.1) is 6.92 Å². The van der Waals surface area contributed by atoms with Crippen LogP contribution in [0.25, 0.3) is 0 Å². The van der Waals surface area contributed by atoms with Gasteiger partial charge in [-0.1, -0.05) is 0 Å². The molecule has 0 aliphatic rings. The summed E-state index contributed by atoms with van der Waals surface area (Å²) in [7, 11) is 1.21. The highest BCUT2D eigenvalue weighted by Gasteiger charge is 2.36. The molecule has 0 bridgehead atoms. The molecule has 7 heteroatoms. The molecule has 0 unspecified atom stereocenters. The Morgan fingerprint density at radius 3 is 2.15 bits per heavy atom. The van der Waals surface area contributed by atoms with Crippen molar-refractivity contribution in [3.63, 3.8) is 0 Å². The summed E-state index contributed by atoms with van der Waals surface area (Å²) < 4.78 is 43.4. The van der Waals surface area contributed by atoms with Gasteiger partial charge in [0.05, 0.1) is 11.2 Å². The summed E-state index contributed by atoms with van der Waals surface area (Å²) in [6.45, 7) is 7.93. The molecular formula is C13H18BF3NO2. The van der Waals surface area contributed by atoms with E-state index >= 15 is 0 Å². The maximum atomic E-state index is 12.7. The molecule has 0 spiro atoms. The number of pyridine rings is 1. The summed E-state index contributed by atoms with van der Waals surface area (Å²) in [6, 6.07) is 2.39. The van der Waals surface area contributed by atoms with Crippen LogP contribution >= 0.6 is 0 Å². The van der Waals surface area contributed by atoms with Crippen molar-refractivity contribution in [1.29, 1.82) is 0 Å². The first kappa shape index (κ1) is 17.0. The van der Waals surface area contributed by atoms with Crippen LogP contribution in [0.5, 0.6) is 0 Å². The lowest BCUT2D eigenvalue weighted by atomic mass is 9.82. The first-order valence-corrected chi connectivity index (χ1v) is 6.12. The minimum absolute atomic E-state index is 0.246. The molecule has 1 rings (SSSR count). The molecule has 1 aromatic rings. The zero-order valence-corrected chi connectivity index (χ0v) is 12.2. The van der Waals surface area contributed by atoms with Gasteiger partial charge >= 0.3 is 13.7 Å². The number of aryl methyl sites for hydroxylation is 1. The molecule has 0 fully saturated rings. The van der Waals surface area contributed by atoms with E-state index in [1.54, 1.807) is 27.7 Å². The van der Waals surface area contributed by atoms with Gasteiger partial charge in [0.1, 0.15) is 5.69 Å². The molecule has 111 valence electrons. The highest BCUT2D eigenvalue weighted by molar-refractivity contribution is 6.47. The topological polar surface area (TPSA) is 42.4 Å². The van der Waals surface area contributed by atoms with Gasteiger partial charge in [-0.25, -0.2) is 4.98 Å². The number of hydrogen-bond donors (Lipinski definition) is 1. The van der Waals surface area contributed by atoms with E-state index < -0.39 is 23.1 Å². The second-order valence-electron chi connectivity index (χ2n) is 5.73. The van der Waals surface area contributed by atoms with Gasteiger partial charge in [-0.05, 0) is 52.2 Å². The highest BCUT2D eigenvalue weighted by atomic mass is 19.4. The lowest BCUT2D eigenvalue weighted by molar-refractivity contribution is -0.141. The Morgan fingerprint density at radius 1 is 1.15 bits per heavy atom. The van der Waals surface area contributed by atoms with Gasteiger partial charge < -0.3 is 9.76 Å². The van der Waals surface area contributed by atoms with Crippen molar-refractivity contribution in [3.05, 3.63) is 23.5 Å².